The van der Waals surface area contributed by atoms with Crippen molar-refractivity contribution in [1.82, 2.24) is 4.90 Å². The first-order chi connectivity index (χ1) is 10.9. The van der Waals surface area contributed by atoms with Crippen molar-refractivity contribution >= 4 is 11.5 Å². The van der Waals surface area contributed by atoms with Crippen molar-refractivity contribution in [3.63, 3.8) is 0 Å². The second-order valence-electron chi connectivity index (χ2n) is 5.41. The van der Waals surface area contributed by atoms with E-state index in [1.165, 1.54) is 0 Å². The lowest BCUT2D eigenvalue weighted by atomic mass is 10.1. The molecule has 110 valence electrons. The van der Waals surface area contributed by atoms with Crippen molar-refractivity contribution in [3.05, 3.63) is 71.8 Å². The normalized spacial score (nSPS) is 20.9. The van der Waals surface area contributed by atoms with Crippen LogP contribution in [0.25, 0.3) is 0 Å². The summed E-state index contributed by atoms with van der Waals surface area (Å²) >= 11 is 0. The van der Waals surface area contributed by atoms with Gasteiger partial charge in [-0.25, -0.2) is 0 Å². The van der Waals surface area contributed by atoms with E-state index in [4.69, 9.17) is 4.74 Å². The Bertz CT molecular complexity index is 646. The third-order valence-corrected chi connectivity index (χ3v) is 3.96. The summed E-state index contributed by atoms with van der Waals surface area (Å²) in [4.78, 5) is 2.22. The molecule has 1 fully saturated rings. The van der Waals surface area contributed by atoms with Gasteiger partial charge in [0.1, 0.15) is 5.71 Å². The van der Waals surface area contributed by atoms with Crippen LogP contribution in [0, 0.1) is 0 Å². The predicted molar refractivity (Wildman–Crippen MR) is 87.0 cm³/mol. The molecule has 4 nitrogen and oxygen atoms in total. The number of ether oxygens (including phenoxy) is 1. The molecule has 0 N–H and O–H groups in total. The van der Waals surface area contributed by atoms with Gasteiger partial charge in [-0.05, 0) is 6.42 Å². The molecule has 2 aliphatic heterocycles. The van der Waals surface area contributed by atoms with E-state index in [1.54, 1.807) is 0 Å². The summed E-state index contributed by atoms with van der Waals surface area (Å²) < 4.78 is 6.01. The Morgan fingerprint density at radius 1 is 0.864 bits per heavy atom. The van der Waals surface area contributed by atoms with Gasteiger partial charge >= 0.3 is 0 Å². The molecule has 1 unspecified atom stereocenters. The van der Waals surface area contributed by atoms with Gasteiger partial charge in [0.15, 0.2) is 12.1 Å². The van der Waals surface area contributed by atoms with Gasteiger partial charge in [0.25, 0.3) is 0 Å². The molecule has 4 rings (SSSR count). The minimum absolute atomic E-state index is 0.149. The first-order valence-corrected chi connectivity index (χ1v) is 7.58. The van der Waals surface area contributed by atoms with Gasteiger partial charge in [0.05, 0.1) is 6.61 Å². The van der Waals surface area contributed by atoms with Crippen LogP contribution in [-0.2, 0) is 4.74 Å². The van der Waals surface area contributed by atoms with E-state index >= 15 is 0 Å². The first-order valence-electron chi connectivity index (χ1n) is 7.58. The lowest BCUT2D eigenvalue weighted by Gasteiger charge is -2.39. The number of benzene rings is 2. The van der Waals surface area contributed by atoms with Crippen molar-refractivity contribution in [2.24, 2.45) is 10.2 Å². The van der Waals surface area contributed by atoms with Crippen molar-refractivity contribution in [2.45, 2.75) is 12.6 Å². The Morgan fingerprint density at radius 2 is 1.55 bits per heavy atom. The first kappa shape index (κ1) is 13.2. The molecule has 0 amide bonds. The lowest BCUT2D eigenvalue weighted by molar-refractivity contribution is -0.0185. The smallest absolute Gasteiger partial charge is 0.177 e. The molecular formula is C18H17N3O. The highest BCUT2D eigenvalue weighted by Crippen LogP contribution is 2.23. The average Bonchev–Trinajstić information content (AvgIpc) is 2.62. The van der Waals surface area contributed by atoms with Crippen LogP contribution < -0.4 is 0 Å². The van der Waals surface area contributed by atoms with Crippen LogP contribution in [0.3, 0.4) is 0 Å². The number of rotatable bonds is 2. The Labute approximate surface area is 129 Å². The zero-order valence-corrected chi connectivity index (χ0v) is 12.2. The molecule has 0 aromatic heterocycles. The van der Waals surface area contributed by atoms with E-state index in [-0.39, 0.29) is 6.23 Å². The molecule has 1 atom stereocenters. The van der Waals surface area contributed by atoms with Crippen LogP contribution in [0.15, 0.2) is 70.9 Å². The highest BCUT2D eigenvalue weighted by molar-refractivity contribution is 6.10. The molecule has 4 heteroatoms. The fraction of sp³-hybridized carbons (Fsp3) is 0.222. The molecule has 2 aromatic carbocycles. The highest BCUT2D eigenvalue weighted by Gasteiger charge is 2.34. The van der Waals surface area contributed by atoms with E-state index in [2.05, 4.69) is 39.4 Å². The minimum Gasteiger partial charge on any atom is -0.352 e. The Kier molecular flexibility index (Phi) is 3.45. The summed E-state index contributed by atoms with van der Waals surface area (Å²) in [7, 11) is 0. The zero-order chi connectivity index (χ0) is 14.8. The molecule has 0 saturated carbocycles. The van der Waals surface area contributed by atoms with Crippen LogP contribution >= 0.6 is 0 Å². The summed E-state index contributed by atoms with van der Waals surface area (Å²) in [6.45, 7) is 1.69. The molecule has 0 aliphatic carbocycles. The van der Waals surface area contributed by atoms with E-state index in [1.807, 2.05) is 36.4 Å². The second-order valence-corrected chi connectivity index (χ2v) is 5.41. The minimum atomic E-state index is -0.149. The van der Waals surface area contributed by atoms with Crippen molar-refractivity contribution < 1.29 is 4.74 Å². The maximum Gasteiger partial charge on any atom is 0.177 e. The van der Waals surface area contributed by atoms with Gasteiger partial charge < -0.3 is 9.64 Å². The summed E-state index contributed by atoms with van der Waals surface area (Å²) in [5.41, 5.74) is 3.03. The third kappa shape index (κ3) is 2.31. The Morgan fingerprint density at radius 3 is 2.27 bits per heavy atom. The third-order valence-electron chi connectivity index (χ3n) is 3.96. The molecular weight excluding hydrogens is 274 g/mol. The average molecular weight is 291 g/mol. The fourth-order valence-electron chi connectivity index (χ4n) is 2.91. The maximum atomic E-state index is 6.01. The van der Waals surface area contributed by atoms with Gasteiger partial charge in [-0.2, -0.15) is 0 Å². The van der Waals surface area contributed by atoms with E-state index in [0.29, 0.717) is 0 Å². The van der Waals surface area contributed by atoms with Gasteiger partial charge in [0.2, 0.25) is 0 Å². The Balaban J connectivity index is 1.78. The summed E-state index contributed by atoms with van der Waals surface area (Å²) in [6, 6.07) is 20.3. The zero-order valence-electron chi connectivity index (χ0n) is 12.2. The molecule has 22 heavy (non-hydrogen) atoms. The highest BCUT2D eigenvalue weighted by atomic mass is 16.5. The van der Waals surface area contributed by atoms with Gasteiger partial charge in [0, 0.05) is 17.7 Å². The number of hydrogen-bond donors (Lipinski definition) is 0. The number of fused-ring (bicyclic) bond motifs is 1. The summed E-state index contributed by atoms with van der Waals surface area (Å²) in [6.07, 6.45) is 0.855. The predicted octanol–water partition coefficient (Wildman–Crippen LogP) is 2.90. The molecule has 2 aromatic rings. The van der Waals surface area contributed by atoms with Crippen LogP contribution in [0.5, 0.6) is 0 Å². The molecule has 0 radical (unpaired) electrons. The number of amidine groups is 1. The molecule has 2 heterocycles. The van der Waals surface area contributed by atoms with Crippen LogP contribution in [0.2, 0.25) is 0 Å². The fourth-order valence-corrected chi connectivity index (χ4v) is 2.91. The number of nitrogens with zero attached hydrogens (tertiary/aromatic N) is 3. The molecule has 2 aliphatic rings. The van der Waals surface area contributed by atoms with Crippen molar-refractivity contribution in [1.29, 1.82) is 0 Å². The van der Waals surface area contributed by atoms with Crippen LogP contribution in [0.1, 0.15) is 17.5 Å². The van der Waals surface area contributed by atoms with Gasteiger partial charge in [-0.3, -0.25) is 0 Å². The molecule has 0 bridgehead atoms. The van der Waals surface area contributed by atoms with Crippen molar-refractivity contribution in [2.75, 3.05) is 13.2 Å². The second kappa shape index (κ2) is 5.73. The maximum absolute atomic E-state index is 6.01. The standard InChI is InChI=1S/C18H17N3O/c1-3-8-14(9-4-1)16-18-21(12-7-13-22-18)17(20-19-16)15-10-5-2-6-11-15/h1-6,8-11,18H,7,12-13H2. The SMILES string of the molecule is c1ccc(C2=NN=C(c3ccccc3)N3CCCOC23)cc1. The lowest BCUT2D eigenvalue weighted by Crippen LogP contribution is -2.52. The number of hydrogen-bond acceptors (Lipinski definition) is 4. The van der Waals surface area contributed by atoms with Crippen LogP contribution in [0.4, 0.5) is 0 Å². The summed E-state index contributed by atoms with van der Waals surface area (Å²) in [5, 5.41) is 8.97. The van der Waals surface area contributed by atoms with Crippen molar-refractivity contribution in [3.8, 4) is 0 Å². The van der Waals surface area contributed by atoms with E-state index in [9.17, 15) is 0 Å². The largest absolute Gasteiger partial charge is 0.352 e. The Hall–Kier alpha value is -2.46. The van der Waals surface area contributed by atoms with Gasteiger partial charge in [-0.15, -0.1) is 10.2 Å². The monoisotopic (exact) mass is 291 g/mol. The van der Waals surface area contributed by atoms with E-state index < -0.39 is 0 Å². The van der Waals surface area contributed by atoms with Gasteiger partial charge in [-0.1, -0.05) is 60.7 Å². The van der Waals surface area contributed by atoms with E-state index in [0.717, 1.165) is 42.2 Å². The molecule has 1 saturated heterocycles. The summed E-state index contributed by atoms with van der Waals surface area (Å²) in [5.74, 6) is 0.894. The quantitative estimate of drug-likeness (QED) is 0.853. The van der Waals surface area contributed by atoms with Crippen LogP contribution in [-0.4, -0.2) is 35.8 Å². The molecule has 0 spiro atoms. The topological polar surface area (TPSA) is 37.2 Å².